The van der Waals surface area contributed by atoms with Crippen molar-refractivity contribution < 1.29 is 24.5 Å². The van der Waals surface area contributed by atoms with Gasteiger partial charge in [-0.05, 0) is 89.9 Å². The molecule has 0 rings (SSSR count). The van der Waals surface area contributed by atoms with Crippen molar-refractivity contribution in [2.24, 2.45) is 0 Å². The van der Waals surface area contributed by atoms with E-state index < -0.39 is 12.1 Å². The number of aliphatic hydroxyl groups excluding tert-OH is 2. The number of unbranched alkanes of at least 4 members (excludes halogenated alkanes) is 34. The summed E-state index contributed by atoms with van der Waals surface area (Å²) in [5.74, 6) is -0.0843. The van der Waals surface area contributed by atoms with Gasteiger partial charge in [-0.3, -0.25) is 9.59 Å². The van der Waals surface area contributed by atoms with Crippen LogP contribution in [0.5, 0.6) is 0 Å². The number of rotatable bonds is 51. The molecule has 0 aliphatic carbocycles. The predicted octanol–water partition coefficient (Wildman–Crippen LogP) is 17.0. The van der Waals surface area contributed by atoms with Crippen molar-refractivity contribution in [1.82, 2.24) is 5.32 Å². The molecule has 0 aromatic heterocycles. The van der Waals surface area contributed by atoms with Gasteiger partial charge in [-0.1, -0.05) is 229 Å². The molecule has 0 saturated heterocycles. The largest absolute Gasteiger partial charge is 0.466 e. The first kappa shape index (κ1) is 61.8. The van der Waals surface area contributed by atoms with Gasteiger partial charge < -0.3 is 20.3 Å². The highest BCUT2D eigenvalue weighted by Gasteiger charge is 2.18. The van der Waals surface area contributed by atoms with Crippen LogP contribution in [0.2, 0.25) is 0 Å². The van der Waals surface area contributed by atoms with Gasteiger partial charge in [0.1, 0.15) is 0 Å². The summed E-state index contributed by atoms with van der Waals surface area (Å²) >= 11 is 0. The number of carbonyl (C=O) groups excluding carboxylic acids is 2. The molecule has 0 aliphatic rings. The monoisotopic (exact) mass is 898 g/mol. The highest BCUT2D eigenvalue weighted by molar-refractivity contribution is 5.76. The summed E-state index contributed by atoms with van der Waals surface area (Å²) in [6.07, 6.45) is 67.0. The Labute approximate surface area is 397 Å². The summed E-state index contributed by atoms with van der Waals surface area (Å²) in [7, 11) is 0. The third-order valence-electron chi connectivity index (χ3n) is 12.6. The van der Waals surface area contributed by atoms with Gasteiger partial charge in [0, 0.05) is 12.8 Å². The molecule has 2 unspecified atom stereocenters. The average molecular weight is 898 g/mol. The summed E-state index contributed by atoms with van der Waals surface area (Å²) in [5.41, 5.74) is 0. The molecule has 0 saturated carbocycles. The van der Waals surface area contributed by atoms with Crippen LogP contribution in [0.15, 0.2) is 48.6 Å². The first-order chi connectivity index (χ1) is 31.5. The van der Waals surface area contributed by atoms with Crippen LogP contribution in [-0.4, -0.2) is 47.4 Å². The zero-order valence-electron chi connectivity index (χ0n) is 42.5. The van der Waals surface area contributed by atoms with E-state index in [1.807, 2.05) is 6.08 Å². The molecule has 374 valence electrons. The zero-order chi connectivity index (χ0) is 46.5. The SMILES string of the molecule is CCCCCC/C=C\CCCCCCCC(=O)OCCCCCCCCCCC/C=C\C/C=C\CCCCCCCCCC(=O)NC(CO)C(O)/C=C/CCCCCCCCCCC. The summed E-state index contributed by atoms with van der Waals surface area (Å²) in [6, 6.07) is -0.635. The van der Waals surface area contributed by atoms with Gasteiger partial charge in [0.15, 0.2) is 0 Å². The molecule has 2 atom stereocenters. The molecule has 0 bridgehead atoms. The first-order valence-electron chi connectivity index (χ1n) is 27.9. The lowest BCUT2D eigenvalue weighted by Gasteiger charge is -2.20. The standard InChI is InChI=1S/C58H107NO5/c1-3-5-7-9-11-13-15-27-32-36-40-44-48-52-58(63)64-53-49-45-41-37-33-29-26-24-22-20-18-16-17-19-21-23-25-28-31-35-39-43-47-51-57(62)59-55(54-60)56(61)50-46-42-38-34-30-14-12-10-8-6-4-2/h13,15-16,18-19,21,46,50,55-56,60-61H,3-12,14,17,20,22-45,47-49,51-54H2,1-2H3,(H,59,62)/b15-13-,18-16-,21-19-,50-46+. The number of ether oxygens (including phenoxy) is 1. The Morgan fingerprint density at radius 2 is 0.781 bits per heavy atom. The van der Waals surface area contributed by atoms with E-state index in [1.54, 1.807) is 6.08 Å². The Morgan fingerprint density at radius 3 is 1.22 bits per heavy atom. The van der Waals surface area contributed by atoms with Crippen molar-refractivity contribution in [1.29, 1.82) is 0 Å². The van der Waals surface area contributed by atoms with Gasteiger partial charge in [-0.25, -0.2) is 0 Å². The Bertz CT molecular complexity index is 1080. The second-order valence-corrected chi connectivity index (χ2v) is 18.9. The topological polar surface area (TPSA) is 95.9 Å². The van der Waals surface area contributed by atoms with Gasteiger partial charge in [-0.2, -0.15) is 0 Å². The van der Waals surface area contributed by atoms with Crippen LogP contribution in [0.3, 0.4) is 0 Å². The van der Waals surface area contributed by atoms with E-state index in [4.69, 9.17) is 4.74 Å². The highest BCUT2D eigenvalue weighted by atomic mass is 16.5. The molecule has 6 heteroatoms. The van der Waals surface area contributed by atoms with Crippen LogP contribution in [0.4, 0.5) is 0 Å². The molecule has 3 N–H and O–H groups in total. The van der Waals surface area contributed by atoms with Crippen molar-refractivity contribution >= 4 is 11.9 Å². The highest BCUT2D eigenvalue weighted by Crippen LogP contribution is 2.15. The van der Waals surface area contributed by atoms with Crippen molar-refractivity contribution in [2.45, 2.75) is 296 Å². The van der Waals surface area contributed by atoms with Crippen molar-refractivity contribution in [3.63, 3.8) is 0 Å². The van der Waals surface area contributed by atoms with E-state index in [9.17, 15) is 19.8 Å². The molecular formula is C58H107NO5. The predicted molar refractivity (Wildman–Crippen MR) is 278 cm³/mol. The third-order valence-corrected chi connectivity index (χ3v) is 12.6. The van der Waals surface area contributed by atoms with E-state index in [0.29, 0.717) is 19.4 Å². The minimum absolute atomic E-state index is 0.00358. The molecule has 0 spiro atoms. The van der Waals surface area contributed by atoms with E-state index in [-0.39, 0.29) is 18.5 Å². The number of allylic oxidation sites excluding steroid dienone is 7. The average Bonchev–Trinajstić information content (AvgIpc) is 3.29. The lowest BCUT2D eigenvalue weighted by atomic mass is 10.1. The molecule has 0 radical (unpaired) electrons. The van der Waals surface area contributed by atoms with E-state index in [1.165, 1.54) is 193 Å². The normalized spacial score (nSPS) is 13.0. The minimum Gasteiger partial charge on any atom is -0.466 e. The zero-order valence-corrected chi connectivity index (χ0v) is 42.5. The van der Waals surface area contributed by atoms with Gasteiger partial charge in [0.05, 0.1) is 25.4 Å². The van der Waals surface area contributed by atoms with Crippen LogP contribution >= 0.6 is 0 Å². The fourth-order valence-corrected chi connectivity index (χ4v) is 8.25. The Kier molecular flexibility index (Phi) is 51.6. The smallest absolute Gasteiger partial charge is 0.305 e. The summed E-state index contributed by atoms with van der Waals surface area (Å²) in [5, 5.41) is 23.0. The number of hydrogen-bond donors (Lipinski definition) is 3. The quantitative estimate of drug-likeness (QED) is 0.0321. The third kappa shape index (κ3) is 49.3. The Hall–Kier alpha value is -2.18. The molecule has 0 heterocycles. The van der Waals surface area contributed by atoms with Crippen LogP contribution in [0.1, 0.15) is 284 Å². The van der Waals surface area contributed by atoms with Gasteiger partial charge in [0.2, 0.25) is 5.91 Å². The number of aliphatic hydroxyl groups is 2. The lowest BCUT2D eigenvalue weighted by molar-refractivity contribution is -0.143. The fourth-order valence-electron chi connectivity index (χ4n) is 8.25. The van der Waals surface area contributed by atoms with E-state index >= 15 is 0 Å². The van der Waals surface area contributed by atoms with Crippen molar-refractivity contribution in [3.8, 4) is 0 Å². The van der Waals surface area contributed by atoms with Crippen LogP contribution in [-0.2, 0) is 14.3 Å². The maximum Gasteiger partial charge on any atom is 0.305 e. The number of amides is 1. The van der Waals surface area contributed by atoms with E-state index in [0.717, 1.165) is 64.2 Å². The lowest BCUT2D eigenvalue weighted by Crippen LogP contribution is -2.45. The maximum atomic E-state index is 12.4. The molecule has 0 aliphatic heterocycles. The number of esters is 1. The molecular weight excluding hydrogens is 791 g/mol. The first-order valence-corrected chi connectivity index (χ1v) is 27.9. The second kappa shape index (κ2) is 53.4. The van der Waals surface area contributed by atoms with Crippen LogP contribution in [0.25, 0.3) is 0 Å². The van der Waals surface area contributed by atoms with Crippen molar-refractivity contribution in [2.75, 3.05) is 13.2 Å². The minimum atomic E-state index is -0.850. The van der Waals surface area contributed by atoms with Crippen LogP contribution < -0.4 is 5.32 Å². The van der Waals surface area contributed by atoms with Gasteiger partial charge in [-0.15, -0.1) is 0 Å². The number of nitrogens with one attached hydrogen (secondary N) is 1. The Morgan fingerprint density at radius 1 is 0.438 bits per heavy atom. The summed E-state index contributed by atoms with van der Waals surface area (Å²) in [6.45, 7) is 4.86. The molecule has 1 amide bonds. The fraction of sp³-hybridized carbons (Fsp3) is 0.828. The van der Waals surface area contributed by atoms with Gasteiger partial charge >= 0.3 is 5.97 Å². The van der Waals surface area contributed by atoms with Crippen LogP contribution in [0, 0.1) is 0 Å². The summed E-state index contributed by atoms with van der Waals surface area (Å²) < 4.78 is 5.46. The van der Waals surface area contributed by atoms with Gasteiger partial charge in [0.25, 0.3) is 0 Å². The number of hydrogen-bond acceptors (Lipinski definition) is 5. The maximum absolute atomic E-state index is 12.4. The summed E-state index contributed by atoms with van der Waals surface area (Å²) in [4.78, 5) is 24.4. The second-order valence-electron chi connectivity index (χ2n) is 18.9. The molecule has 6 nitrogen and oxygen atoms in total. The Balaban J connectivity index is 3.47. The number of carbonyl (C=O) groups is 2. The van der Waals surface area contributed by atoms with E-state index in [2.05, 4.69) is 55.6 Å². The van der Waals surface area contributed by atoms with Crippen molar-refractivity contribution in [3.05, 3.63) is 48.6 Å². The molecule has 0 aromatic rings. The molecule has 0 fully saturated rings. The molecule has 0 aromatic carbocycles. The molecule has 64 heavy (non-hydrogen) atoms.